The zero-order valence-electron chi connectivity index (χ0n) is 10.8. The van der Waals surface area contributed by atoms with Crippen LogP contribution in [0, 0.1) is 0 Å². The number of hydrogen-bond donors (Lipinski definition) is 2. The molecule has 19 heavy (non-hydrogen) atoms. The van der Waals surface area contributed by atoms with Crippen LogP contribution in [0.4, 0.5) is 5.69 Å². The van der Waals surface area contributed by atoms with Crippen LogP contribution in [0.15, 0.2) is 22.6 Å². The molecule has 102 valence electrons. The third kappa shape index (κ3) is 2.45. The zero-order chi connectivity index (χ0) is 13.2. The largest absolute Gasteiger partial charge is 0.459 e. The number of halogens is 1. The SMILES string of the molecule is OC(CCl)CNc1cccc2c3c(oc12)CCCC3. The van der Waals surface area contributed by atoms with Gasteiger partial charge in [0.15, 0.2) is 5.58 Å². The lowest BCUT2D eigenvalue weighted by Crippen LogP contribution is -2.20. The average molecular weight is 280 g/mol. The third-order valence-corrected chi connectivity index (χ3v) is 4.05. The van der Waals surface area contributed by atoms with Crippen molar-refractivity contribution < 1.29 is 9.52 Å². The van der Waals surface area contributed by atoms with E-state index >= 15 is 0 Å². The number of fused-ring (bicyclic) bond motifs is 3. The molecule has 0 saturated carbocycles. The maximum atomic E-state index is 9.53. The molecule has 0 bridgehead atoms. The second-order valence-electron chi connectivity index (χ2n) is 5.08. The van der Waals surface area contributed by atoms with Crippen molar-refractivity contribution in [2.75, 3.05) is 17.7 Å². The smallest absolute Gasteiger partial charge is 0.157 e. The van der Waals surface area contributed by atoms with Gasteiger partial charge in [0.25, 0.3) is 0 Å². The average Bonchev–Trinajstić information content (AvgIpc) is 2.84. The summed E-state index contributed by atoms with van der Waals surface area (Å²) in [6.07, 6.45) is 4.05. The molecule has 1 aliphatic carbocycles. The van der Waals surface area contributed by atoms with Crippen molar-refractivity contribution in [3.05, 3.63) is 29.5 Å². The number of alkyl halides is 1. The van der Waals surface area contributed by atoms with Crippen LogP contribution in [0.25, 0.3) is 11.0 Å². The van der Waals surface area contributed by atoms with Gasteiger partial charge in [0, 0.05) is 23.9 Å². The quantitative estimate of drug-likeness (QED) is 0.844. The fraction of sp³-hybridized carbons (Fsp3) is 0.467. The van der Waals surface area contributed by atoms with E-state index in [0.717, 1.165) is 29.9 Å². The molecule has 1 heterocycles. The van der Waals surface area contributed by atoms with E-state index in [2.05, 4.69) is 11.4 Å². The minimum Gasteiger partial charge on any atom is -0.459 e. The van der Waals surface area contributed by atoms with E-state index in [1.54, 1.807) is 0 Å². The molecular formula is C15H18ClNO2. The number of anilines is 1. The Balaban J connectivity index is 1.94. The van der Waals surface area contributed by atoms with Crippen LogP contribution < -0.4 is 5.32 Å². The Morgan fingerprint density at radius 2 is 2.16 bits per heavy atom. The second kappa shape index (κ2) is 5.43. The maximum Gasteiger partial charge on any atom is 0.157 e. The van der Waals surface area contributed by atoms with Crippen molar-refractivity contribution in [1.82, 2.24) is 0 Å². The molecule has 3 rings (SSSR count). The van der Waals surface area contributed by atoms with Crippen LogP contribution in [-0.4, -0.2) is 23.6 Å². The number of aliphatic hydroxyl groups excluding tert-OH is 1. The zero-order valence-corrected chi connectivity index (χ0v) is 11.5. The van der Waals surface area contributed by atoms with E-state index in [0.29, 0.717) is 6.54 Å². The van der Waals surface area contributed by atoms with Gasteiger partial charge in [-0.2, -0.15) is 0 Å². The molecule has 3 nitrogen and oxygen atoms in total. The molecule has 0 aliphatic heterocycles. The Labute approximate surface area is 117 Å². The van der Waals surface area contributed by atoms with Crippen LogP contribution in [0.5, 0.6) is 0 Å². The number of aliphatic hydroxyl groups is 1. The van der Waals surface area contributed by atoms with E-state index < -0.39 is 6.10 Å². The highest BCUT2D eigenvalue weighted by atomic mass is 35.5. The molecule has 0 radical (unpaired) electrons. The molecule has 0 spiro atoms. The first-order valence-corrected chi connectivity index (χ1v) is 7.34. The van der Waals surface area contributed by atoms with Crippen molar-refractivity contribution in [2.24, 2.45) is 0 Å². The van der Waals surface area contributed by atoms with Crippen LogP contribution >= 0.6 is 11.6 Å². The van der Waals surface area contributed by atoms with Crippen molar-refractivity contribution >= 4 is 28.3 Å². The van der Waals surface area contributed by atoms with Gasteiger partial charge < -0.3 is 14.8 Å². The summed E-state index contributed by atoms with van der Waals surface area (Å²) in [5, 5.41) is 14.0. The molecule has 2 aromatic rings. The molecule has 1 unspecified atom stereocenters. The summed E-state index contributed by atoms with van der Waals surface area (Å²) in [4.78, 5) is 0. The van der Waals surface area contributed by atoms with Gasteiger partial charge in [-0.3, -0.25) is 0 Å². The molecular weight excluding hydrogens is 262 g/mol. The third-order valence-electron chi connectivity index (χ3n) is 3.69. The Morgan fingerprint density at radius 1 is 1.32 bits per heavy atom. The van der Waals surface area contributed by atoms with E-state index in [4.69, 9.17) is 16.0 Å². The van der Waals surface area contributed by atoms with Gasteiger partial charge in [0.2, 0.25) is 0 Å². The number of benzene rings is 1. The lowest BCUT2D eigenvalue weighted by Gasteiger charge is -2.10. The minimum atomic E-state index is -0.540. The first-order valence-electron chi connectivity index (χ1n) is 6.80. The Morgan fingerprint density at radius 3 is 3.00 bits per heavy atom. The summed E-state index contributed by atoms with van der Waals surface area (Å²) >= 11 is 5.61. The molecule has 0 fully saturated rings. The number of para-hydroxylation sites is 1. The van der Waals surface area contributed by atoms with Crippen molar-refractivity contribution in [2.45, 2.75) is 31.8 Å². The summed E-state index contributed by atoms with van der Waals surface area (Å²) in [5.74, 6) is 1.37. The van der Waals surface area contributed by atoms with Gasteiger partial charge in [0.05, 0.1) is 17.7 Å². The van der Waals surface area contributed by atoms with Crippen LogP contribution in [0.2, 0.25) is 0 Å². The highest BCUT2D eigenvalue weighted by Crippen LogP contribution is 2.35. The maximum absolute atomic E-state index is 9.53. The molecule has 1 aliphatic rings. The summed E-state index contributed by atoms with van der Waals surface area (Å²) in [5.41, 5.74) is 3.22. The van der Waals surface area contributed by atoms with Crippen molar-refractivity contribution in [3.8, 4) is 0 Å². The number of nitrogens with one attached hydrogen (secondary N) is 1. The second-order valence-corrected chi connectivity index (χ2v) is 5.39. The Hall–Kier alpha value is -1.19. The van der Waals surface area contributed by atoms with Crippen LogP contribution in [0.3, 0.4) is 0 Å². The van der Waals surface area contributed by atoms with Gasteiger partial charge >= 0.3 is 0 Å². The predicted octanol–water partition coefficient (Wildman–Crippen LogP) is 3.32. The van der Waals surface area contributed by atoms with Crippen LogP contribution in [-0.2, 0) is 12.8 Å². The summed E-state index contributed by atoms with van der Waals surface area (Å²) < 4.78 is 6.01. The molecule has 0 saturated heterocycles. The number of aryl methyl sites for hydroxylation is 2. The monoisotopic (exact) mass is 279 g/mol. The van der Waals surface area contributed by atoms with E-state index in [9.17, 15) is 5.11 Å². The standard InChI is InChI=1S/C15H18ClNO2/c16-8-10(18)9-17-13-6-3-5-12-11-4-1-2-7-14(11)19-15(12)13/h3,5-6,10,17-18H,1-2,4,7-9H2. The minimum absolute atomic E-state index is 0.234. The fourth-order valence-electron chi connectivity index (χ4n) is 2.70. The molecule has 1 atom stereocenters. The number of rotatable bonds is 4. The summed E-state index contributed by atoms with van der Waals surface area (Å²) in [6.45, 7) is 0.438. The van der Waals surface area contributed by atoms with Crippen molar-refractivity contribution in [3.63, 3.8) is 0 Å². The summed E-state index contributed by atoms with van der Waals surface area (Å²) in [7, 11) is 0. The predicted molar refractivity (Wildman–Crippen MR) is 78.1 cm³/mol. The van der Waals surface area contributed by atoms with Crippen LogP contribution in [0.1, 0.15) is 24.2 Å². The summed E-state index contributed by atoms with van der Waals surface area (Å²) in [6, 6.07) is 6.13. The van der Waals surface area contributed by atoms with Gasteiger partial charge in [-0.1, -0.05) is 12.1 Å². The fourth-order valence-corrected chi connectivity index (χ4v) is 2.81. The molecule has 0 amide bonds. The highest BCUT2D eigenvalue weighted by molar-refractivity contribution is 6.18. The van der Waals surface area contributed by atoms with Gasteiger partial charge in [0.1, 0.15) is 5.76 Å². The van der Waals surface area contributed by atoms with E-state index in [1.807, 2.05) is 12.1 Å². The highest BCUT2D eigenvalue weighted by Gasteiger charge is 2.19. The Bertz CT molecular complexity index is 579. The molecule has 4 heteroatoms. The molecule has 1 aromatic heterocycles. The van der Waals surface area contributed by atoms with Gasteiger partial charge in [-0.15, -0.1) is 11.6 Å². The Kier molecular flexibility index (Phi) is 3.67. The first-order chi connectivity index (χ1) is 9.29. The van der Waals surface area contributed by atoms with Gasteiger partial charge in [-0.05, 0) is 25.3 Å². The normalized spacial score (nSPS) is 16.3. The van der Waals surface area contributed by atoms with E-state index in [1.165, 1.54) is 23.8 Å². The lowest BCUT2D eigenvalue weighted by molar-refractivity contribution is 0.211. The number of hydrogen-bond acceptors (Lipinski definition) is 3. The van der Waals surface area contributed by atoms with E-state index in [-0.39, 0.29) is 5.88 Å². The topological polar surface area (TPSA) is 45.4 Å². The van der Waals surface area contributed by atoms with Gasteiger partial charge in [-0.25, -0.2) is 0 Å². The molecule has 2 N–H and O–H groups in total. The lowest BCUT2D eigenvalue weighted by atomic mass is 9.96. The molecule has 1 aromatic carbocycles. The van der Waals surface area contributed by atoms with Crippen molar-refractivity contribution in [1.29, 1.82) is 0 Å². The first kappa shape index (κ1) is 12.8. The number of furan rings is 1.